The number of rotatable bonds is 3. The van der Waals surface area contributed by atoms with Crippen molar-refractivity contribution < 1.29 is 14.3 Å². The highest BCUT2D eigenvalue weighted by molar-refractivity contribution is 6.07. The van der Waals surface area contributed by atoms with Gasteiger partial charge in [0.15, 0.2) is 0 Å². The summed E-state index contributed by atoms with van der Waals surface area (Å²) in [6.45, 7) is 1.86. The molecule has 0 aliphatic carbocycles. The fraction of sp³-hybridized carbons (Fsp3) is 0.214. The number of nitrogens with one attached hydrogen (secondary N) is 1. The number of benzene rings is 1. The smallest absolute Gasteiger partial charge is 0.339 e. The predicted molar refractivity (Wildman–Crippen MR) is 73.7 cm³/mol. The van der Waals surface area contributed by atoms with Crippen LogP contribution in [0.3, 0.4) is 0 Å². The van der Waals surface area contributed by atoms with Gasteiger partial charge in [0.05, 0.1) is 18.4 Å². The molecule has 6 nitrogen and oxygen atoms in total. The number of aryl methyl sites for hydroxylation is 2. The molecule has 104 valence electrons. The van der Waals surface area contributed by atoms with Gasteiger partial charge in [0, 0.05) is 13.2 Å². The van der Waals surface area contributed by atoms with Crippen LogP contribution in [0.4, 0.5) is 5.69 Å². The largest absolute Gasteiger partial charge is 0.465 e. The first-order valence-electron chi connectivity index (χ1n) is 6.01. The first-order chi connectivity index (χ1) is 9.52. The van der Waals surface area contributed by atoms with Gasteiger partial charge in [-0.05, 0) is 25.1 Å². The fourth-order valence-corrected chi connectivity index (χ4v) is 1.83. The molecule has 6 heteroatoms. The predicted octanol–water partition coefficient (Wildman–Crippen LogP) is 1.77. The number of aromatic nitrogens is 2. The second-order valence-corrected chi connectivity index (χ2v) is 4.33. The summed E-state index contributed by atoms with van der Waals surface area (Å²) in [6.07, 6.45) is 1.53. The number of ether oxygens (including phenoxy) is 1. The Morgan fingerprint density at radius 3 is 2.65 bits per heavy atom. The van der Waals surface area contributed by atoms with Crippen LogP contribution in [-0.4, -0.2) is 28.8 Å². The van der Waals surface area contributed by atoms with E-state index in [2.05, 4.69) is 10.4 Å². The molecule has 1 N–H and O–H groups in total. The van der Waals surface area contributed by atoms with Crippen molar-refractivity contribution in [1.82, 2.24) is 9.78 Å². The molecule has 0 atom stereocenters. The highest BCUT2D eigenvalue weighted by Crippen LogP contribution is 2.19. The average Bonchev–Trinajstić information content (AvgIpc) is 2.86. The van der Waals surface area contributed by atoms with E-state index >= 15 is 0 Å². The summed E-state index contributed by atoms with van der Waals surface area (Å²) >= 11 is 0. The molecule has 0 fully saturated rings. The van der Waals surface area contributed by atoms with E-state index in [1.807, 2.05) is 13.0 Å². The first-order valence-corrected chi connectivity index (χ1v) is 6.01. The summed E-state index contributed by atoms with van der Waals surface area (Å²) < 4.78 is 6.18. The van der Waals surface area contributed by atoms with Gasteiger partial charge >= 0.3 is 5.97 Å². The molecule has 0 saturated carbocycles. The molecular weight excluding hydrogens is 258 g/mol. The van der Waals surface area contributed by atoms with E-state index in [9.17, 15) is 9.59 Å². The molecule has 0 saturated heterocycles. The van der Waals surface area contributed by atoms with Crippen molar-refractivity contribution in [3.05, 3.63) is 47.3 Å². The Hall–Kier alpha value is -2.63. The maximum Gasteiger partial charge on any atom is 0.339 e. The summed E-state index contributed by atoms with van der Waals surface area (Å²) in [4.78, 5) is 23.9. The number of hydrogen-bond acceptors (Lipinski definition) is 4. The molecule has 1 aromatic carbocycles. The summed E-state index contributed by atoms with van der Waals surface area (Å²) in [6, 6.07) is 6.76. The van der Waals surface area contributed by atoms with E-state index in [0.29, 0.717) is 16.9 Å². The SMILES string of the molecule is COC(=O)c1cc(C)ccc1NC(=O)c1ccnn1C. The Kier molecular flexibility index (Phi) is 3.84. The van der Waals surface area contributed by atoms with E-state index in [1.165, 1.54) is 18.0 Å². The highest BCUT2D eigenvalue weighted by atomic mass is 16.5. The van der Waals surface area contributed by atoms with Crippen LogP contribution in [0, 0.1) is 6.92 Å². The third-order valence-electron chi connectivity index (χ3n) is 2.88. The molecule has 20 heavy (non-hydrogen) atoms. The summed E-state index contributed by atoms with van der Waals surface area (Å²) in [5, 5.41) is 6.63. The maximum absolute atomic E-state index is 12.1. The second kappa shape index (κ2) is 5.56. The Balaban J connectivity index is 2.32. The lowest BCUT2D eigenvalue weighted by Crippen LogP contribution is -2.18. The third-order valence-corrected chi connectivity index (χ3v) is 2.88. The minimum Gasteiger partial charge on any atom is -0.465 e. The molecular formula is C14H15N3O3. The zero-order valence-electron chi connectivity index (χ0n) is 11.5. The first kappa shape index (κ1) is 13.8. The van der Waals surface area contributed by atoms with E-state index in [-0.39, 0.29) is 5.91 Å². The average molecular weight is 273 g/mol. The number of methoxy groups -OCH3 is 1. The van der Waals surface area contributed by atoms with Crippen LogP contribution in [0.25, 0.3) is 0 Å². The summed E-state index contributed by atoms with van der Waals surface area (Å²) in [5.41, 5.74) is 2.04. The van der Waals surface area contributed by atoms with Crippen molar-refractivity contribution in [2.75, 3.05) is 12.4 Å². The zero-order chi connectivity index (χ0) is 14.7. The number of carbonyl (C=O) groups excluding carboxylic acids is 2. The number of amides is 1. The molecule has 2 aromatic rings. The molecule has 1 aromatic heterocycles. The molecule has 1 amide bonds. The van der Waals surface area contributed by atoms with Crippen LogP contribution in [-0.2, 0) is 11.8 Å². The van der Waals surface area contributed by atoms with Gasteiger partial charge in [0.25, 0.3) is 5.91 Å². The van der Waals surface area contributed by atoms with Crippen molar-refractivity contribution in [3.8, 4) is 0 Å². The van der Waals surface area contributed by atoms with Gasteiger partial charge in [0.1, 0.15) is 5.69 Å². The summed E-state index contributed by atoms with van der Waals surface area (Å²) in [5.74, 6) is -0.826. The van der Waals surface area contributed by atoms with Gasteiger partial charge < -0.3 is 10.1 Å². The van der Waals surface area contributed by atoms with Crippen molar-refractivity contribution in [3.63, 3.8) is 0 Å². The lowest BCUT2D eigenvalue weighted by molar-refractivity contribution is 0.0602. The maximum atomic E-state index is 12.1. The Labute approximate surface area is 116 Å². The zero-order valence-corrected chi connectivity index (χ0v) is 11.5. The van der Waals surface area contributed by atoms with Crippen molar-refractivity contribution in [2.24, 2.45) is 7.05 Å². The lowest BCUT2D eigenvalue weighted by atomic mass is 10.1. The van der Waals surface area contributed by atoms with Crippen molar-refractivity contribution in [2.45, 2.75) is 6.92 Å². The Morgan fingerprint density at radius 1 is 1.30 bits per heavy atom. The van der Waals surface area contributed by atoms with Gasteiger partial charge in [-0.25, -0.2) is 4.79 Å². The fourth-order valence-electron chi connectivity index (χ4n) is 1.83. The molecule has 0 radical (unpaired) electrons. The van der Waals surface area contributed by atoms with Crippen LogP contribution in [0.15, 0.2) is 30.5 Å². The molecule has 0 aliphatic heterocycles. The molecule has 0 bridgehead atoms. The molecule has 2 rings (SSSR count). The standard InChI is InChI=1S/C14H15N3O3/c1-9-4-5-11(10(8-9)14(19)20-3)16-13(18)12-6-7-15-17(12)2/h4-8H,1-3H3,(H,16,18). The van der Waals surface area contributed by atoms with Gasteiger partial charge in [0.2, 0.25) is 0 Å². The quantitative estimate of drug-likeness (QED) is 0.865. The van der Waals surface area contributed by atoms with Gasteiger partial charge in [-0.15, -0.1) is 0 Å². The minimum absolute atomic E-state index is 0.322. The normalized spacial score (nSPS) is 10.2. The van der Waals surface area contributed by atoms with E-state index in [1.54, 1.807) is 25.2 Å². The number of anilines is 1. The number of carbonyl (C=O) groups is 2. The van der Waals surface area contributed by atoms with E-state index < -0.39 is 5.97 Å². The van der Waals surface area contributed by atoms with E-state index in [4.69, 9.17) is 4.74 Å². The van der Waals surface area contributed by atoms with Gasteiger partial charge in [-0.2, -0.15) is 5.10 Å². The minimum atomic E-state index is -0.492. The number of hydrogen-bond donors (Lipinski definition) is 1. The van der Waals surface area contributed by atoms with Crippen LogP contribution >= 0.6 is 0 Å². The van der Waals surface area contributed by atoms with Gasteiger partial charge in [-0.1, -0.05) is 11.6 Å². The molecule has 1 heterocycles. The van der Waals surface area contributed by atoms with E-state index in [0.717, 1.165) is 5.56 Å². The second-order valence-electron chi connectivity index (χ2n) is 4.33. The van der Waals surface area contributed by atoms with Crippen LogP contribution in [0.1, 0.15) is 26.4 Å². The van der Waals surface area contributed by atoms with Crippen molar-refractivity contribution in [1.29, 1.82) is 0 Å². The number of esters is 1. The topological polar surface area (TPSA) is 73.2 Å². The number of nitrogens with zero attached hydrogens (tertiary/aromatic N) is 2. The Bertz CT molecular complexity index is 661. The van der Waals surface area contributed by atoms with Crippen LogP contribution in [0.5, 0.6) is 0 Å². The van der Waals surface area contributed by atoms with Crippen LogP contribution < -0.4 is 5.32 Å². The Morgan fingerprint density at radius 2 is 2.05 bits per heavy atom. The molecule has 0 aliphatic rings. The molecule has 0 unspecified atom stereocenters. The molecule has 0 spiro atoms. The lowest BCUT2D eigenvalue weighted by Gasteiger charge is -2.10. The highest BCUT2D eigenvalue weighted by Gasteiger charge is 2.16. The van der Waals surface area contributed by atoms with Gasteiger partial charge in [-0.3, -0.25) is 9.48 Å². The van der Waals surface area contributed by atoms with Crippen LogP contribution in [0.2, 0.25) is 0 Å². The summed E-state index contributed by atoms with van der Waals surface area (Å²) in [7, 11) is 2.97. The monoisotopic (exact) mass is 273 g/mol. The third kappa shape index (κ3) is 2.69. The van der Waals surface area contributed by atoms with Crippen molar-refractivity contribution >= 4 is 17.6 Å².